The van der Waals surface area contributed by atoms with E-state index in [1.54, 1.807) is 6.92 Å². The first-order chi connectivity index (χ1) is 11.0. The SMILES string of the molecule is CCOC(=O)c1nc(N)nc(Nc2ccc3[nH]c(C)nc3c2)n1. The molecule has 2 heterocycles. The van der Waals surface area contributed by atoms with E-state index in [2.05, 4.69) is 30.2 Å². The molecule has 0 bridgehead atoms. The van der Waals surface area contributed by atoms with Gasteiger partial charge in [0.1, 0.15) is 5.82 Å². The van der Waals surface area contributed by atoms with E-state index < -0.39 is 5.97 Å². The van der Waals surface area contributed by atoms with Crippen LogP contribution in [-0.4, -0.2) is 37.5 Å². The summed E-state index contributed by atoms with van der Waals surface area (Å²) >= 11 is 0. The Morgan fingerprint density at radius 3 is 2.91 bits per heavy atom. The number of aromatic nitrogens is 5. The zero-order valence-corrected chi connectivity index (χ0v) is 12.6. The normalized spacial score (nSPS) is 10.7. The number of carbonyl (C=O) groups is 1. The Labute approximate surface area is 131 Å². The Bertz CT molecular complexity index is 875. The summed E-state index contributed by atoms with van der Waals surface area (Å²) in [5, 5.41) is 2.98. The number of nitrogens with one attached hydrogen (secondary N) is 2. The van der Waals surface area contributed by atoms with Gasteiger partial charge >= 0.3 is 5.97 Å². The molecule has 1 aromatic carbocycles. The van der Waals surface area contributed by atoms with Crippen molar-refractivity contribution < 1.29 is 9.53 Å². The number of aryl methyl sites for hydroxylation is 1. The van der Waals surface area contributed by atoms with Crippen molar-refractivity contribution in [2.24, 2.45) is 0 Å². The maximum absolute atomic E-state index is 11.7. The van der Waals surface area contributed by atoms with Crippen molar-refractivity contribution in [3.63, 3.8) is 0 Å². The average Bonchev–Trinajstić information content (AvgIpc) is 2.86. The van der Waals surface area contributed by atoms with Crippen LogP contribution in [0.5, 0.6) is 0 Å². The minimum absolute atomic E-state index is 0.0674. The number of nitrogens with two attached hydrogens (primary N) is 1. The monoisotopic (exact) mass is 313 g/mol. The fourth-order valence-electron chi connectivity index (χ4n) is 2.08. The number of hydrogen-bond donors (Lipinski definition) is 3. The quantitative estimate of drug-likeness (QED) is 0.618. The van der Waals surface area contributed by atoms with Gasteiger partial charge < -0.3 is 20.8 Å². The van der Waals surface area contributed by atoms with Gasteiger partial charge in [-0.1, -0.05) is 0 Å². The lowest BCUT2D eigenvalue weighted by Gasteiger charge is -2.07. The number of esters is 1. The van der Waals surface area contributed by atoms with Crippen molar-refractivity contribution in [1.82, 2.24) is 24.9 Å². The standard InChI is InChI=1S/C14H15N7O2/c1-3-23-12(22)11-19-13(15)21-14(20-11)18-8-4-5-9-10(6-8)17-7(2)16-9/h4-6H,3H2,1-2H3,(H,16,17)(H3,15,18,19,20,21). The first-order valence-corrected chi connectivity index (χ1v) is 6.97. The van der Waals surface area contributed by atoms with E-state index in [9.17, 15) is 4.79 Å². The topological polar surface area (TPSA) is 132 Å². The third kappa shape index (κ3) is 3.18. The number of nitrogens with zero attached hydrogens (tertiary/aromatic N) is 4. The van der Waals surface area contributed by atoms with Crippen LogP contribution < -0.4 is 11.1 Å². The van der Waals surface area contributed by atoms with E-state index in [0.717, 1.165) is 16.9 Å². The summed E-state index contributed by atoms with van der Waals surface area (Å²) in [7, 11) is 0. The second-order valence-corrected chi connectivity index (χ2v) is 4.74. The Kier molecular flexibility index (Phi) is 3.75. The van der Waals surface area contributed by atoms with E-state index in [1.807, 2.05) is 25.1 Å². The van der Waals surface area contributed by atoms with Crippen LogP contribution in [0.3, 0.4) is 0 Å². The van der Waals surface area contributed by atoms with Gasteiger partial charge in [0.25, 0.3) is 0 Å². The fourth-order valence-corrected chi connectivity index (χ4v) is 2.08. The molecule has 0 aliphatic carbocycles. The molecule has 0 unspecified atom stereocenters. The van der Waals surface area contributed by atoms with Crippen molar-refractivity contribution in [3.8, 4) is 0 Å². The summed E-state index contributed by atoms with van der Waals surface area (Å²) in [6, 6.07) is 5.56. The van der Waals surface area contributed by atoms with Crippen LogP contribution in [0, 0.1) is 6.92 Å². The first-order valence-electron chi connectivity index (χ1n) is 6.97. The van der Waals surface area contributed by atoms with Gasteiger partial charge in [-0.2, -0.15) is 15.0 Å². The zero-order chi connectivity index (χ0) is 16.4. The highest BCUT2D eigenvalue weighted by Crippen LogP contribution is 2.19. The Morgan fingerprint density at radius 1 is 1.30 bits per heavy atom. The predicted octanol–water partition coefficient (Wildman–Crippen LogP) is 1.56. The van der Waals surface area contributed by atoms with Crippen LogP contribution >= 0.6 is 0 Å². The van der Waals surface area contributed by atoms with Crippen LogP contribution in [0.1, 0.15) is 23.4 Å². The molecule has 0 aliphatic heterocycles. The molecule has 4 N–H and O–H groups in total. The lowest BCUT2D eigenvalue weighted by Crippen LogP contribution is -2.14. The number of fused-ring (bicyclic) bond motifs is 1. The fraction of sp³-hybridized carbons (Fsp3) is 0.214. The molecule has 0 saturated carbocycles. The number of imidazole rings is 1. The lowest BCUT2D eigenvalue weighted by molar-refractivity contribution is 0.0512. The van der Waals surface area contributed by atoms with Gasteiger partial charge in [0.05, 0.1) is 17.6 Å². The number of ether oxygens (including phenoxy) is 1. The average molecular weight is 313 g/mol. The van der Waals surface area contributed by atoms with Crippen molar-refractivity contribution in [3.05, 3.63) is 29.8 Å². The number of rotatable bonds is 4. The third-order valence-electron chi connectivity index (χ3n) is 2.97. The number of nitrogen functional groups attached to an aromatic ring is 1. The molecule has 0 spiro atoms. The molecule has 0 amide bonds. The highest BCUT2D eigenvalue weighted by Gasteiger charge is 2.14. The van der Waals surface area contributed by atoms with Crippen LogP contribution in [0.25, 0.3) is 11.0 Å². The molecule has 9 nitrogen and oxygen atoms in total. The minimum Gasteiger partial charge on any atom is -0.460 e. The summed E-state index contributed by atoms with van der Waals surface area (Å²) < 4.78 is 4.86. The molecule has 3 aromatic rings. The molecule has 0 aliphatic rings. The highest BCUT2D eigenvalue weighted by atomic mass is 16.5. The summed E-state index contributed by atoms with van der Waals surface area (Å²) in [6.07, 6.45) is 0. The largest absolute Gasteiger partial charge is 0.460 e. The van der Waals surface area contributed by atoms with Crippen LogP contribution in [0.15, 0.2) is 18.2 Å². The molecule has 0 saturated heterocycles. The molecular weight excluding hydrogens is 298 g/mol. The van der Waals surface area contributed by atoms with E-state index in [1.165, 1.54) is 0 Å². The van der Waals surface area contributed by atoms with E-state index in [4.69, 9.17) is 10.5 Å². The molecule has 9 heteroatoms. The number of aromatic amines is 1. The van der Waals surface area contributed by atoms with Crippen LogP contribution in [-0.2, 0) is 4.74 Å². The van der Waals surface area contributed by atoms with Crippen LogP contribution in [0.2, 0.25) is 0 Å². The molecule has 3 rings (SSSR count). The van der Waals surface area contributed by atoms with Gasteiger partial charge in [0.15, 0.2) is 0 Å². The highest BCUT2D eigenvalue weighted by molar-refractivity contribution is 5.86. The lowest BCUT2D eigenvalue weighted by atomic mass is 10.3. The van der Waals surface area contributed by atoms with Gasteiger partial charge in [0.2, 0.25) is 17.7 Å². The maximum Gasteiger partial charge on any atom is 0.376 e. The minimum atomic E-state index is -0.650. The molecule has 0 fully saturated rings. The third-order valence-corrected chi connectivity index (χ3v) is 2.97. The van der Waals surface area contributed by atoms with Gasteiger partial charge in [-0.25, -0.2) is 9.78 Å². The first kappa shape index (κ1) is 14.7. The van der Waals surface area contributed by atoms with Gasteiger partial charge in [-0.15, -0.1) is 0 Å². The number of hydrogen-bond acceptors (Lipinski definition) is 8. The Hall–Kier alpha value is -3.23. The second-order valence-electron chi connectivity index (χ2n) is 4.74. The number of H-pyrrole nitrogens is 1. The molecule has 23 heavy (non-hydrogen) atoms. The van der Waals surface area contributed by atoms with Gasteiger partial charge in [-0.05, 0) is 32.0 Å². The van der Waals surface area contributed by atoms with E-state index >= 15 is 0 Å². The van der Waals surface area contributed by atoms with Gasteiger partial charge in [-0.3, -0.25) is 0 Å². The second kappa shape index (κ2) is 5.87. The molecule has 0 atom stereocenters. The molecule has 2 aromatic heterocycles. The maximum atomic E-state index is 11.7. The number of carbonyl (C=O) groups excluding carboxylic acids is 1. The van der Waals surface area contributed by atoms with Crippen LogP contribution in [0.4, 0.5) is 17.6 Å². The van der Waals surface area contributed by atoms with Crippen molar-refractivity contribution in [2.45, 2.75) is 13.8 Å². The summed E-state index contributed by atoms with van der Waals surface area (Å²) in [6.45, 7) is 3.80. The van der Waals surface area contributed by atoms with Gasteiger partial charge in [0, 0.05) is 5.69 Å². The number of anilines is 3. The van der Waals surface area contributed by atoms with Crippen molar-refractivity contribution >= 4 is 34.6 Å². The molecular formula is C14H15N7O2. The summed E-state index contributed by atoms with van der Waals surface area (Å²) in [5.41, 5.74) is 8.06. The smallest absolute Gasteiger partial charge is 0.376 e. The van der Waals surface area contributed by atoms with E-state index in [-0.39, 0.29) is 24.3 Å². The van der Waals surface area contributed by atoms with Crippen molar-refractivity contribution in [1.29, 1.82) is 0 Å². The predicted molar refractivity (Wildman–Crippen MR) is 84.3 cm³/mol. The Morgan fingerprint density at radius 2 is 2.13 bits per heavy atom. The number of benzene rings is 1. The van der Waals surface area contributed by atoms with Crippen molar-refractivity contribution in [2.75, 3.05) is 17.7 Å². The summed E-state index contributed by atoms with van der Waals surface area (Å²) in [4.78, 5) is 31.0. The molecule has 0 radical (unpaired) electrons. The Balaban J connectivity index is 1.89. The summed E-state index contributed by atoms with van der Waals surface area (Å²) in [5.74, 6) is 0.127. The molecule has 118 valence electrons. The van der Waals surface area contributed by atoms with E-state index in [0.29, 0.717) is 5.69 Å². The zero-order valence-electron chi connectivity index (χ0n) is 12.6.